The van der Waals surface area contributed by atoms with Crippen LogP contribution in [0, 0.1) is 0 Å². The number of hydrogen-bond acceptors (Lipinski definition) is 4. The van der Waals surface area contributed by atoms with Crippen LogP contribution in [0.2, 0.25) is 0 Å². The van der Waals surface area contributed by atoms with Gasteiger partial charge in [-0.1, -0.05) is 0 Å². The maximum atomic E-state index is 9.85. The van der Waals surface area contributed by atoms with Crippen LogP contribution in [0.5, 0.6) is 17.2 Å². The van der Waals surface area contributed by atoms with Gasteiger partial charge in [0.2, 0.25) is 5.75 Å². The second-order valence-electron chi connectivity index (χ2n) is 4.30. The summed E-state index contributed by atoms with van der Waals surface area (Å²) in [4.78, 5) is 0. The minimum Gasteiger partial charge on any atom is -0.502 e. The van der Waals surface area contributed by atoms with E-state index in [2.05, 4.69) is 5.32 Å². The van der Waals surface area contributed by atoms with Crippen molar-refractivity contribution in [2.24, 2.45) is 0 Å². The van der Waals surface area contributed by atoms with Gasteiger partial charge in [0.25, 0.3) is 0 Å². The zero-order valence-corrected chi connectivity index (χ0v) is 10.3. The lowest BCUT2D eigenvalue weighted by molar-refractivity contribution is 0.337. The fraction of sp³-hybridized carbons (Fsp3) is 0.538. The standard InChI is InChI=1S/C13H19NO3/c1-16-11-7-10(8-12(17-2)13(11)15)9-3-5-14-6-4-9/h7-9,14-15H,3-6H2,1-2H3. The predicted octanol–water partition coefficient (Wildman–Crippen LogP) is 1.88. The Labute approximate surface area is 102 Å². The van der Waals surface area contributed by atoms with Crippen molar-refractivity contribution in [2.75, 3.05) is 27.3 Å². The Morgan fingerprint density at radius 2 is 1.65 bits per heavy atom. The number of piperidine rings is 1. The average Bonchev–Trinajstić information content (AvgIpc) is 2.40. The molecule has 0 atom stereocenters. The molecule has 0 amide bonds. The summed E-state index contributed by atoms with van der Waals surface area (Å²) in [5.41, 5.74) is 1.18. The maximum absolute atomic E-state index is 9.85. The van der Waals surface area contributed by atoms with E-state index in [0.717, 1.165) is 25.9 Å². The molecular weight excluding hydrogens is 218 g/mol. The monoisotopic (exact) mass is 237 g/mol. The topological polar surface area (TPSA) is 50.7 Å². The van der Waals surface area contributed by atoms with Gasteiger partial charge in [-0.25, -0.2) is 0 Å². The molecule has 1 aliphatic heterocycles. The van der Waals surface area contributed by atoms with Crippen LogP contribution >= 0.6 is 0 Å². The van der Waals surface area contributed by atoms with Gasteiger partial charge in [0, 0.05) is 0 Å². The zero-order chi connectivity index (χ0) is 12.3. The molecule has 4 nitrogen and oxygen atoms in total. The maximum Gasteiger partial charge on any atom is 0.200 e. The van der Waals surface area contributed by atoms with Crippen LogP contribution in [-0.2, 0) is 0 Å². The van der Waals surface area contributed by atoms with E-state index < -0.39 is 0 Å². The van der Waals surface area contributed by atoms with Gasteiger partial charge in [0.15, 0.2) is 11.5 Å². The summed E-state index contributed by atoms with van der Waals surface area (Å²) in [6, 6.07) is 3.82. The number of rotatable bonds is 3. The van der Waals surface area contributed by atoms with E-state index in [1.54, 1.807) is 14.2 Å². The Kier molecular flexibility index (Phi) is 3.74. The van der Waals surface area contributed by atoms with Crippen molar-refractivity contribution < 1.29 is 14.6 Å². The van der Waals surface area contributed by atoms with Crippen LogP contribution in [0.3, 0.4) is 0 Å². The van der Waals surface area contributed by atoms with E-state index in [1.807, 2.05) is 12.1 Å². The van der Waals surface area contributed by atoms with Crippen LogP contribution in [-0.4, -0.2) is 32.4 Å². The molecule has 0 aromatic heterocycles. The van der Waals surface area contributed by atoms with Crippen LogP contribution in [0.1, 0.15) is 24.3 Å². The van der Waals surface area contributed by atoms with Gasteiger partial charge in [-0.05, 0) is 49.5 Å². The normalized spacial score (nSPS) is 16.8. The van der Waals surface area contributed by atoms with Crippen molar-refractivity contribution in [3.8, 4) is 17.2 Å². The van der Waals surface area contributed by atoms with E-state index in [1.165, 1.54) is 5.56 Å². The van der Waals surface area contributed by atoms with Crippen molar-refractivity contribution in [3.63, 3.8) is 0 Å². The van der Waals surface area contributed by atoms with Gasteiger partial charge in [-0.15, -0.1) is 0 Å². The third kappa shape index (κ3) is 2.47. The summed E-state index contributed by atoms with van der Waals surface area (Å²) in [6.45, 7) is 2.08. The van der Waals surface area contributed by atoms with Crippen molar-refractivity contribution in [1.29, 1.82) is 0 Å². The lowest BCUT2D eigenvalue weighted by Crippen LogP contribution is -2.26. The van der Waals surface area contributed by atoms with Crippen LogP contribution < -0.4 is 14.8 Å². The highest BCUT2D eigenvalue weighted by Gasteiger charge is 2.19. The van der Waals surface area contributed by atoms with Crippen molar-refractivity contribution in [1.82, 2.24) is 5.32 Å². The smallest absolute Gasteiger partial charge is 0.200 e. The van der Waals surface area contributed by atoms with E-state index in [-0.39, 0.29) is 5.75 Å². The molecule has 1 aromatic carbocycles. The molecular formula is C13H19NO3. The molecule has 0 saturated carbocycles. The van der Waals surface area contributed by atoms with Gasteiger partial charge >= 0.3 is 0 Å². The first-order chi connectivity index (χ1) is 8.26. The number of aromatic hydroxyl groups is 1. The number of phenolic OH excluding ortho intramolecular Hbond substituents is 1. The lowest BCUT2D eigenvalue weighted by Gasteiger charge is -2.24. The lowest BCUT2D eigenvalue weighted by atomic mass is 9.90. The molecule has 2 rings (SSSR count). The summed E-state index contributed by atoms with van der Waals surface area (Å²) < 4.78 is 10.3. The third-order valence-electron chi connectivity index (χ3n) is 3.31. The largest absolute Gasteiger partial charge is 0.502 e. The minimum absolute atomic E-state index is 0.0766. The van der Waals surface area contributed by atoms with Gasteiger partial charge in [0.05, 0.1) is 14.2 Å². The number of hydrogen-bond donors (Lipinski definition) is 2. The number of methoxy groups -OCH3 is 2. The molecule has 0 spiro atoms. The highest BCUT2D eigenvalue weighted by Crippen LogP contribution is 2.40. The Bertz CT molecular complexity index is 361. The first-order valence-corrected chi connectivity index (χ1v) is 5.92. The second kappa shape index (κ2) is 5.27. The van der Waals surface area contributed by atoms with Crippen molar-refractivity contribution >= 4 is 0 Å². The molecule has 1 saturated heterocycles. The summed E-state index contributed by atoms with van der Waals surface area (Å²) in [7, 11) is 3.11. The number of ether oxygens (including phenoxy) is 2. The zero-order valence-electron chi connectivity index (χ0n) is 10.3. The molecule has 2 N–H and O–H groups in total. The molecule has 0 bridgehead atoms. The van der Waals surface area contributed by atoms with E-state index >= 15 is 0 Å². The predicted molar refractivity (Wildman–Crippen MR) is 66.1 cm³/mol. The molecule has 0 unspecified atom stereocenters. The first kappa shape index (κ1) is 12.0. The number of nitrogens with one attached hydrogen (secondary N) is 1. The molecule has 1 heterocycles. The molecule has 0 radical (unpaired) electrons. The molecule has 4 heteroatoms. The minimum atomic E-state index is 0.0766. The Morgan fingerprint density at radius 1 is 1.12 bits per heavy atom. The van der Waals surface area contributed by atoms with Crippen LogP contribution in [0.25, 0.3) is 0 Å². The van der Waals surface area contributed by atoms with E-state index in [4.69, 9.17) is 9.47 Å². The van der Waals surface area contributed by atoms with Gasteiger partial charge in [-0.2, -0.15) is 0 Å². The molecule has 1 aromatic rings. The van der Waals surface area contributed by atoms with Crippen LogP contribution in [0.4, 0.5) is 0 Å². The molecule has 1 fully saturated rings. The first-order valence-electron chi connectivity index (χ1n) is 5.92. The second-order valence-corrected chi connectivity index (χ2v) is 4.30. The molecule has 94 valence electrons. The van der Waals surface area contributed by atoms with Crippen molar-refractivity contribution in [2.45, 2.75) is 18.8 Å². The summed E-state index contributed by atoms with van der Waals surface area (Å²) in [5, 5.41) is 13.2. The Balaban J connectivity index is 2.33. The highest BCUT2D eigenvalue weighted by atomic mass is 16.5. The van der Waals surface area contributed by atoms with E-state index in [0.29, 0.717) is 17.4 Å². The molecule has 1 aliphatic rings. The van der Waals surface area contributed by atoms with E-state index in [9.17, 15) is 5.11 Å². The summed E-state index contributed by atoms with van der Waals surface area (Å²) in [6.07, 6.45) is 2.22. The van der Waals surface area contributed by atoms with Gasteiger partial charge in [0.1, 0.15) is 0 Å². The summed E-state index contributed by atoms with van der Waals surface area (Å²) >= 11 is 0. The van der Waals surface area contributed by atoms with Crippen molar-refractivity contribution in [3.05, 3.63) is 17.7 Å². The van der Waals surface area contributed by atoms with Gasteiger partial charge < -0.3 is 19.9 Å². The quantitative estimate of drug-likeness (QED) is 0.842. The molecule has 0 aliphatic carbocycles. The highest BCUT2D eigenvalue weighted by molar-refractivity contribution is 5.53. The summed E-state index contributed by atoms with van der Waals surface area (Å²) in [5.74, 6) is 1.56. The van der Waals surface area contributed by atoms with Crippen LogP contribution in [0.15, 0.2) is 12.1 Å². The Hall–Kier alpha value is -1.42. The fourth-order valence-electron chi connectivity index (χ4n) is 2.30. The third-order valence-corrected chi connectivity index (χ3v) is 3.31. The SMILES string of the molecule is COc1cc(C2CCNCC2)cc(OC)c1O. The molecule has 17 heavy (non-hydrogen) atoms. The number of benzene rings is 1. The van der Waals surface area contributed by atoms with Gasteiger partial charge in [-0.3, -0.25) is 0 Å². The average molecular weight is 237 g/mol. The number of phenols is 1. The fourth-order valence-corrected chi connectivity index (χ4v) is 2.30. The Morgan fingerprint density at radius 3 is 2.12 bits per heavy atom.